The van der Waals surface area contributed by atoms with Crippen molar-refractivity contribution in [1.29, 1.82) is 0 Å². The summed E-state index contributed by atoms with van der Waals surface area (Å²) in [7, 11) is 0. The highest BCUT2D eigenvalue weighted by molar-refractivity contribution is 5.96. The van der Waals surface area contributed by atoms with Crippen LogP contribution in [0.1, 0.15) is 59.0 Å². The number of hydrogen-bond acceptors (Lipinski definition) is 9. The second kappa shape index (κ2) is 15.4. The maximum atomic E-state index is 14.1. The number of carbonyl (C=O) groups excluding carboxylic acids is 2. The summed E-state index contributed by atoms with van der Waals surface area (Å²) in [6.07, 6.45) is 4.21. The van der Waals surface area contributed by atoms with Gasteiger partial charge < -0.3 is 26.2 Å². The summed E-state index contributed by atoms with van der Waals surface area (Å²) in [4.78, 5) is 42.7. The van der Waals surface area contributed by atoms with E-state index in [1.54, 1.807) is 12.1 Å². The van der Waals surface area contributed by atoms with Gasteiger partial charge in [0.15, 0.2) is 17.2 Å². The molecule has 1 fully saturated rings. The zero-order chi connectivity index (χ0) is 33.3. The van der Waals surface area contributed by atoms with Crippen LogP contribution in [0.3, 0.4) is 0 Å². The summed E-state index contributed by atoms with van der Waals surface area (Å²) in [6.45, 7) is 3.21. The Hall–Kier alpha value is -4.83. The van der Waals surface area contributed by atoms with Gasteiger partial charge in [-0.1, -0.05) is 19.8 Å². The van der Waals surface area contributed by atoms with Crippen molar-refractivity contribution < 1.29 is 37.4 Å². The number of ether oxygens (including phenoxy) is 1. The summed E-state index contributed by atoms with van der Waals surface area (Å²) in [5, 5.41) is 16.6. The molecule has 1 aliphatic carbocycles. The van der Waals surface area contributed by atoms with Gasteiger partial charge in [0, 0.05) is 48.8 Å². The number of alkyl halides is 3. The normalized spacial score (nSPS) is 13.3. The molecule has 46 heavy (non-hydrogen) atoms. The molecule has 0 saturated heterocycles. The number of nitrogens with zero attached hydrogens (tertiary/aromatic N) is 5. The van der Waals surface area contributed by atoms with E-state index in [-0.39, 0.29) is 35.2 Å². The minimum atomic E-state index is -4.78. The summed E-state index contributed by atoms with van der Waals surface area (Å²) in [5.41, 5.74) is 6.32. The van der Waals surface area contributed by atoms with Gasteiger partial charge in [-0.05, 0) is 43.0 Å². The number of fused-ring (bicyclic) bond motifs is 1. The molecular weight excluding hydrogens is 609 g/mol. The molecule has 0 aliphatic heterocycles. The standard InChI is InChI=1S/C29H33F3N8O3.CH2O2/c1-2-18-15-20(7-8-21(18)27(41)35-11-14-43-13-9-33)37-25-26-36-16-23(39(26)12-10-34-25)22-17-40(38-24(22)29(30,31)32)28(42)19-5-3-4-6-19;2-1-3/h7-8,10,12,15-17,19H,2-6,9,11,13-14,33H2,1H3,(H,34,37)(H,35,41);1H,(H,2,3). The number of carbonyl (C=O) groups is 3. The van der Waals surface area contributed by atoms with E-state index in [1.165, 1.54) is 23.0 Å². The zero-order valence-electron chi connectivity index (χ0n) is 25.1. The molecule has 0 unspecified atom stereocenters. The van der Waals surface area contributed by atoms with Crippen LogP contribution in [0.2, 0.25) is 0 Å². The number of nitrogens with one attached hydrogen (secondary N) is 2. The van der Waals surface area contributed by atoms with Crippen molar-refractivity contribution >= 4 is 35.4 Å². The molecule has 0 bridgehead atoms. The molecular formula is C30H35F3N8O5. The molecule has 0 radical (unpaired) electrons. The van der Waals surface area contributed by atoms with E-state index >= 15 is 0 Å². The molecule has 0 atom stereocenters. The Morgan fingerprint density at radius 2 is 1.93 bits per heavy atom. The number of benzene rings is 1. The number of halogens is 3. The van der Waals surface area contributed by atoms with Crippen LogP contribution in [0.25, 0.3) is 16.9 Å². The monoisotopic (exact) mass is 644 g/mol. The molecule has 3 heterocycles. The van der Waals surface area contributed by atoms with Crippen LogP contribution >= 0.6 is 0 Å². The van der Waals surface area contributed by atoms with E-state index in [9.17, 15) is 22.8 Å². The smallest absolute Gasteiger partial charge is 0.435 e. The molecule has 1 saturated carbocycles. The fourth-order valence-electron chi connectivity index (χ4n) is 5.29. The van der Waals surface area contributed by atoms with Gasteiger partial charge in [-0.25, -0.2) is 14.6 Å². The lowest BCUT2D eigenvalue weighted by molar-refractivity contribution is -0.140. The minimum absolute atomic E-state index is 0.120. The molecule has 16 heteroatoms. The number of aromatic nitrogens is 5. The van der Waals surface area contributed by atoms with Gasteiger partial charge in [0.2, 0.25) is 5.91 Å². The second-order valence-electron chi connectivity index (χ2n) is 10.4. The quantitative estimate of drug-likeness (QED) is 0.137. The predicted molar refractivity (Wildman–Crippen MR) is 162 cm³/mol. The number of amides is 1. The largest absolute Gasteiger partial charge is 0.483 e. The van der Waals surface area contributed by atoms with Gasteiger partial charge in [-0.15, -0.1) is 0 Å². The molecule has 5 rings (SSSR count). The van der Waals surface area contributed by atoms with E-state index in [4.69, 9.17) is 20.4 Å². The number of anilines is 2. The fraction of sp³-hybridized carbons (Fsp3) is 0.400. The first-order valence-electron chi connectivity index (χ1n) is 14.7. The Bertz CT molecular complexity index is 1660. The van der Waals surface area contributed by atoms with Crippen molar-refractivity contribution in [2.75, 3.05) is 31.6 Å². The first-order chi connectivity index (χ1) is 22.1. The van der Waals surface area contributed by atoms with Crippen molar-refractivity contribution in [1.82, 2.24) is 29.5 Å². The van der Waals surface area contributed by atoms with Crippen molar-refractivity contribution in [3.8, 4) is 11.3 Å². The Kier molecular flexibility index (Phi) is 11.4. The summed E-state index contributed by atoms with van der Waals surface area (Å²) in [5.74, 6) is -0.703. The van der Waals surface area contributed by atoms with Crippen LogP contribution in [0.4, 0.5) is 24.7 Å². The summed E-state index contributed by atoms with van der Waals surface area (Å²) in [6, 6.07) is 5.23. The van der Waals surface area contributed by atoms with E-state index in [2.05, 4.69) is 25.7 Å². The average Bonchev–Trinajstić information content (AvgIpc) is 3.81. The fourth-order valence-corrected chi connectivity index (χ4v) is 5.29. The molecule has 13 nitrogen and oxygen atoms in total. The number of hydrogen-bond donors (Lipinski definition) is 4. The topological polar surface area (TPSA) is 179 Å². The van der Waals surface area contributed by atoms with Crippen molar-refractivity contribution in [3.05, 3.63) is 59.8 Å². The van der Waals surface area contributed by atoms with Crippen molar-refractivity contribution in [3.63, 3.8) is 0 Å². The number of imidazole rings is 1. The molecule has 3 aromatic heterocycles. The zero-order valence-corrected chi connectivity index (χ0v) is 25.1. The lowest BCUT2D eigenvalue weighted by atomic mass is 10.0. The van der Waals surface area contributed by atoms with Crippen molar-refractivity contribution in [2.45, 2.75) is 45.2 Å². The highest BCUT2D eigenvalue weighted by Crippen LogP contribution is 2.37. The lowest BCUT2D eigenvalue weighted by Gasteiger charge is -2.13. The van der Waals surface area contributed by atoms with Crippen LogP contribution in [-0.2, 0) is 22.1 Å². The number of rotatable bonds is 11. The Morgan fingerprint density at radius 1 is 1.20 bits per heavy atom. The summed E-state index contributed by atoms with van der Waals surface area (Å²) >= 11 is 0. The Labute approximate surface area is 262 Å². The van der Waals surface area contributed by atoms with Crippen LogP contribution in [0.15, 0.2) is 43.0 Å². The Morgan fingerprint density at radius 3 is 2.61 bits per heavy atom. The van der Waals surface area contributed by atoms with Gasteiger partial charge in [0.05, 0.1) is 30.7 Å². The maximum absolute atomic E-state index is 14.1. The highest BCUT2D eigenvalue weighted by atomic mass is 19.4. The molecule has 0 spiro atoms. The molecule has 246 valence electrons. The van der Waals surface area contributed by atoms with Crippen LogP contribution in [0.5, 0.6) is 0 Å². The van der Waals surface area contributed by atoms with E-state index in [1.807, 2.05) is 13.0 Å². The van der Waals surface area contributed by atoms with E-state index in [0.717, 1.165) is 29.3 Å². The molecule has 1 amide bonds. The van der Waals surface area contributed by atoms with Gasteiger partial charge >= 0.3 is 6.18 Å². The van der Waals surface area contributed by atoms with Gasteiger partial charge in [0.1, 0.15) is 0 Å². The lowest BCUT2D eigenvalue weighted by Crippen LogP contribution is -2.28. The van der Waals surface area contributed by atoms with E-state index in [0.29, 0.717) is 62.6 Å². The number of nitrogens with two attached hydrogens (primary N) is 1. The third-order valence-electron chi connectivity index (χ3n) is 7.40. The molecule has 1 aromatic carbocycles. The molecule has 4 aromatic rings. The third-order valence-corrected chi connectivity index (χ3v) is 7.40. The summed E-state index contributed by atoms with van der Waals surface area (Å²) < 4.78 is 49.8. The second-order valence-corrected chi connectivity index (χ2v) is 10.4. The first kappa shape index (κ1) is 34.1. The SMILES string of the molecule is CCc1cc(Nc2nccn3c(-c4cn(C(=O)C5CCCC5)nc4C(F)(F)F)cnc23)ccc1C(=O)NCCOCCN.O=CO. The average molecular weight is 645 g/mol. The van der Waals surface area contributed by atoms with Crippen LogP contribution in [-0.4, -0.2) is 73.8 Å². The van der Waals surface area contributed by atoms with Crippen LogP contribution in [0, 0.1) is 5.92 Å². The maximum Gasteiger partial charge on any atom is 0.435 e. The first-order valence-corrected chi connectivity index (χ1v) is 14.7. The molecule has 1 aliphatic rings. The number of aryl methyl sites for hydroxylation is 1. The van der Waals surface area contributed by atoms with Gasteiger partial charge in [-0.3, -0.25) is 18.8 Å². The Balaban J connectivity index is 0.00000154. The van der Waals surface area contributed by atoms with Gasteiger partial charge in [-0.2, -0.15) is 18.3 Å². The molecule has 5 N–H and O–H groups in total. The third kappa shape index (κ3) is 7.87. The highest BCUT2D eigenvalue weighted by Gasteiger charge is 2.39. The van der Waals surface area contributed by atoms with E-state index < -0.39 is 17.8 Å². The van der Waals surface area contributed by atoms with Gasteiger partial charge in [0.25, 0.3) is 12.4 Å². The van der Waals surface area contributed by atoms with Crippen molar-refractivity contribution in [2.24, 2.45) is 11.7 Å². The number of carboxylic acid groups (broad SMARTS) is 1. The minimum Gasteiger partial charge on any atom is -0.483 e. The van der Waals surface area contributed by atoms with Crippen LogP contribution < -0.4 is 16.4 Å². The predicted octanol–water partition coefficient (Wildman–Crippen LogP) is 4.15.